The average Bonchev–Trinajstić information content (AvgIpc) is 3.11. The third kappa shape index (κ3) is 4.38. The van der Waals surface area contributed by atoms with Crippen molar-refractivity contribution < 1.29 is 5.11 Å². The van der Waals surface area contributed by atoms with Crippen LogP contribution in [0.3, 0.4) is 0 Å². The van der Waals surface area contributed by atoms with Crippen molar-refractivity contribution in [2.24, 2.45) is 5.92 Å². The molecular formula is C22H20N2OS. The van der Waals surface area contributed by atoms with Gasteiger partial charge >= 0.3 is 0 Å². The van der Waals surface area contributed by atoms with Crippen LogP contribution >= 0.6 is 11.3 Å². The standard InChI is InChI=1S/C22H20N2OS/c1-15(2)11-16-3-7-18(8-4-16)21-14-26-22(24-21)19(13-23)12-17-5-9-20(25)10-6-17/h3-10,12,14-15,25H,11H2,1-2H3/b19-12-. The molecular weight excluding hydrogens is 340 g/mol. The summed E-state index contributed by atoms with van der Waals surface area (Å²) in [6.07, 6.45) is 2.85. The molecule has 0 atom stereocenters. The lowest BCUT2D eigenvalue weighted by molar-refractivity contribution is 0.475. The lowest BCUT2D eigenvalue weighted by atomic mass is 10.0. The fraction of sp³-hybridized carbons (Fsp3) is 0.182. The van der Waals surface area contributed by atoms with E-state index in [1.165, 1.54) is 16.9 Å². The van der Waals surface area contributed by atoms with Gasteiger partial charge in [0.1, 0.15) is 16.8 Å². The molecule has 0 unspecified atom stereocenters. The van der Waals surface area contributed by atoms with Crippen LogP contribution in [-0.4, -0.2) is 10.1 Å². The Labute approximate surface area is 157 Å². The van der Waals surface area contributed by atoms with E-state index >= 15 is 0 Å². The number of phenolic OH excluding ortho intramolecular Hbond substituents is 1. The zero-order valence-electron chi connectivity index (χ0n) is 14.8. The molecule has 1 heterocycles. The third-order valence-corrected chi connectivity index (χ3v) is 4.83. The summed E-state index contributed by atoms with van der Waals surface area (Å²) >= 11 is 1.46. The number of hydrogen-bond acceptors (Lipinski definition) is 4. The van der Waals surface area contributed by atoms with E-state index in [1.54, 1.807) is 30.3 Å². The molecule has 0 bridgehead atoms. The van der Waals surface area contributed by atoms with Crippen molar-refractivity contribution in [3.63, 3.8) is 0 Å². The van der Waals surface area contributed by atoms with Crippen molar-refractivity contribution in [3.8, 4) is 23.1 Å². The minimum atomic E-state index is 0.207. The molecule has 4 heteroatoms. The minimum Gasteiger partial charge on any atom is -0.508 e. The molecule has 3 rings (SSSR count). The van der Waals surface area contributed by atoms with Gasteiger partial charge in [-0.25, -0.2) is 4.98 Å². The first-order valence-electron chi connectivity index (χ1n) is 8.51. The van der Waals surface area contributed by atoms with Gasteiger partial charge in [0.05, 0.1) is 11.3 Å². The van der Waals surface area contributed by atoms with Crippen molar-refractivity contribution in [2.75, 3.05) is 0 Å². The lowest BCUT2D eigenvalue weighted by Gasteiger charge is -2.05. The van der Waals surface area contributed by atoms with E-state index in [4.69, 9.17) is 0 Å². The van der Waals surface area contributed by atoms with Crippen molar-refractivity contribution in [1.82, 2.24) is 4.98 Å². The monoisotopic (exact) mass is 360 g/mol. The Morgan fingerprint density at radius 1 is 1.15 bits per heavy atom. The summed E-state index contributed by atoms with van der Waals surface area (Å²) in [5.74, 6) is 0.841. The second-order valence-corrected chi connectivity index (χ2v) is 7.45. The summed E-state index contributed by atoms with van der Waals surface area (Å²) in [6.45, 7) is 4.43. The highest BCUT2D eigenvalue weighted by atomic mass is 32.1. The van der Waals surface area contributed by atoms with Crippen molar-refractivity contribution >= 4 is 23.0 Å². The molecule has 0 amide bonds. The zero-order valence-corrected chi connectivity index (χ0v) is 15.6. The molecule has 1 N–H and O–H groups in total. The first-order chi connectivity index (χ1) is 12.5. The SMILES string of the molecule is CC(C)Cc1ccc(-c2csc(/C(C#N)=C\c3ccc(O)cc3)n2)cc1. The predicted molar refractivity (Wildman–Crippen MR) is 108 cm³/mol. The largest absolute Gasteiger partial charge is 0.508 e. The number of nitriles is 1. The van der Waals surface area contributed by atoms with Crippen LogP contribution in [0.15, 0.2) is 53.9 Å². The van der Waals surface area contributed by atoms with E-state index in [0.29, 0.717) is 16.5 Å². The van der Waals surface area contributed by atoms with Gasteiger partial charge in [-0.05, 0) is 41.7 Å². The van der Waals surface area contributed by atoms with E-state index in [-0.39, 0.29) is 5.75 Å². The van der Waals surface area contributed by atoms with E-state index in [2.05, 4.69) is 49.2 Å². The average molecular weight is 360 g/mol. The van der Waals surface area contributed by atoms with Gasteiger partial charge in [-0.1, -0.05) is 50.2 Å². The van der Waals surface area contributed by atoms with Gasteiger partial charge in [0.2, 0.25) is 0 Å². The predicted octanol–water partition coefficient (Wildman–Crippen LogP) is 5.78. The van der Waals surface area contributed by atoms with E-state index in [9.17, 15) is 10.4 Å². The number of phenols is 1. The molecule has 0 radical (unpaired) electrons. The maximum atomic E-state index is 9.49. The second kappa shape index (κ2) is 7.99. The number of benzene rings is 2. The molecule has 0 saturated heterocycles. The smallest absolute Gasteiger partial charge is 0.134 e. The summed E-state index contributed by atoms with van der Waals surface area (Å²) in [6, 6.07) is 17.4. The van der Waals surface area contributed by atoms with E-state index in [1.807, 2.05) is 5.38 Å². The maximum absolute atomic E-state index is 9.49. The number of nitrogens with zero attached hydrogens (tertiary/aromatic N) is 2. The first kappa shape index (κ1) is 17.9. The van der Waals surface area contributed by atoms with Crippen molar-refractivity contribution in [2.45, 2.75) is 20.3 Å². The Hall–Kier alpha value is -2.90. The highest BCUT2D eigenvalue weighted by Gasteiger charge is 2.09. The molecule has 3 nitrogen and oxygen atoms in total. The minimum absolute atomic E-state index is 0.207. The van der Waals surface area contributed by atoms with Crippen LogP contribution in [-0.2, 0) is 6.42 Å². The van der Waals surface area contributed by atoms with Crippen LogP contribution in [0.4, 0.5) is 0 Å². The molecule has 26 heavy (non-hydrogen) atoms. The molecule has 0 aliphatic heterocycles. The maximum Gasteiger partial charge on any atom is 0.134 e. The third-order valence-electron chi connectivity index (χ3n) is 3.95. The van der Waals surface area contributed by atoms with Crippen LogP contribution in [0.1, 0.15) is 30.0 Å². The summed E-state index contributed by atoms with van der Waals surface area (Å²) in [7, 11) is 0. The molecule has 0 spiro atoms. The van der Waals surface area contributed by atoms with Crippen LogP contribution in [0.25, 0.3) is 22.9 Å². The van der Waals surface area contributed by atoms with Crippen LogP contribution in [0.5, 0.6) is 5.75 Å². The Morgan fingerprint density at radius 3 is 2.46 bits per heavy atom. The van der Waals surface area contributed by atoms with Crippen molar-refractivity contribution in [3.05, 3.63) is 70.0 Å². The Kier molecular flexibility index (Phi) is 5.50. The topological polar surface area (TPSA) is 56.9 Å². The van der Waals surface area contributed by atoms with Gasteiger partial charge in [-0.2, -0.15) is 5.26 Å². The van der Waals surface area contributed by atoms with Crippen LogP contribution in [0.2, 0.25) is 0 Å². The molecule has 0 fully saturated rings. The fourth-order valence-corrected chi connectivity index (χ4v) is 3.49. The fourth-order valence-electron chi connectivity index (χ4n) is 2.69. The molecule has 2 aromatic carbocycles. The van der Waals surface area contributed by atoms with Gasteiger partial charge in [0.25, 0.3) is 0 Å². The number of rotatable bonds is 5. The van der Waals surface area contributed by atoms with Gasteiger partial charge in [-0.15, -0.1) is 11.3 Å². The van der Waals surface area contributed by atoms with Gasteiger partial charge in [-0.3, -0.25) is 0 Å². The number of hydrogen-bond donors (Lipinski definition) is 1. The van der Waals surface area contributed by atoms with Gasteiger partial charge < -0.3 is 5.11 Å². The van der Waals surface area contributed by atoms with Crippen LogP contribution in [0, 0.1) is 17.2 Å². The summed E-state index contributed by atoms with van der Waals surface area (Å²) in [5.41, 5.74) is 4.64. The molecule has 0 aliphatic carbocycles. The quantitative estimate of drug-likeness (QED) is 0.587. The molecule has 0 saturated carbocycles. The normalized spacial score (nSPS) is 11.5. The number of thiazole rings is 1. The summed E-state index contributed by atoms with van der Waals surface area (Å²) in [4.78, 5) is 4.63. The zero-order chi connectivity index (χ0) is 18.5. The van der Waals surface area contributed by atoms with Crippen molar-refractivity contribution in [1.29, 1.82) is 5.26 Å². The highest BCUT2D eigenvalue weighted by molar-refractivity contribution is 7.11. The lowest BCUT2D eigenvalue weighted by Crippen LogP contribution is -1.93. The molecule has 3 aromatic rings. The Balaban J connectivity index is 1.84. The number of aromatic nitrogens is 1. The second-order valence-electron chi connectivity index (χ2n) is 6.59. The first-order valence-corrected chi connectivity index (χ1v) is 9.39. The molecule has 0 aliphatic rings. The highest BCUT2D eigenvalue weighted by Crippen LogP contribution is 2.28. The Bertz CT molecular complexity index is 945. The van der Waals surface area contributed by atoms with Crippen LogP contribution < -0.4 is 0 Å². The summed E-state index contributed by atoms with van der Waals surface area (Å²) < 4.78 is 0. The van der Waals surface area contributed by atoms with Gasteiger partial charge in [0.15, 0.2) is 0 Å². The Morgan fingerprint density at radius 2 is 1.85 bits per heavy atom. The van der Waals surface area contributed by atoms with E-state index in [0.717, 1.165) is 23.2 Å². The number of aromatic hydroxyl groups is 1. The van der Waals surface area contributed by atoms with Gasteiger partial charge in [0, 0.05) is 10.9 Å². The molecule has 1 aromatic heterocycles. The summed E-state index contributed by atoms with van der Waals surface area (Å²) in [5, 5.41) is 21.5. The van der Waals surface area contributed by atoms with E-state index < -0.39 is 0 Å². The molecule has 130 valence electrons. The number of allylic oxidation sites excluding steroid dienone is 1.